The minimum Gasteiger partial charge on any atom is -0.506 e. The van der Waals surface area contributed by atoms with Crippen LogP contribution in [0.2, 0.25) is 5.02 Å². The molecule has 0 unspecified atom stereocenters. The maximum Gasteiger partial charge on any atom is 0.258 e. The van der Waals surface area contributed by atoms with Gasteiger partial charge < -0.3 is 10.4 Å². The van der Waals surface area contributed by atoms with Crippen molar-refractivity contribution in [2.24, 2.45) is 0 Å². The zero-order chi connectivity index (χ0) is 17.2. The van der Waals surface area contributed by atoms with Gasteiger partial charge in [0.25, 0.3) is 5.91 Å². The van der Waals surface area contributed by atoms with E-state index < -0.39 is 21.6 Å². The Morgan fingerprint density at radius 3 is 2.61 bits per heavy atom. The highest BCUT2D eigenvalue weighted by Gasteiger charge is 2.17. The molecule has 8 heteroatoms. The molecule has 23 heavy (non-hydrogen) atoms. The number of nitrogens with one attached hydrogen (secondary N) is 1. The Balaban J connectivity index is 2.38. The van der Waals surface area contributed by atoms with Crippen molar-refractivity contribution in [3.8, 4) is 5.75 Å². The van der Waals surface area contributed by atoms with Crippen LogP contribution in [0.25, 0.3) is 0 Å². The summed E-state index contributed by atoms with van der Waals surface area (Å²) in [5.74, 6) is -2.11. The molecule has 0 radical (unpaired) electrons. The number of phenolic OH excluding ortho intramolecular Hbond substituents is 1. The van der Waals surface area contributed by atoms with E-state index >= 15 is 0 Å². The summed E-state index contributed by atoms with van der Waals surface area (Å²) in [6.07, 6.45) is 0. The van der Waals surface area contributed by atoms with Gasteiger partial charge in [0, 0.05) is 5.02 Å². The summed E-state index contributed by atoms with van der Waals surface area (Å²) >= 11 is 5.72. The fraction of sp³-hybridized carbons (Fsp3) is 0.133. The third-order valence-corrected chi connectivity index (χ3v) is 5.10. The molecule has 0 saturated carbocycles. The Morgan fingerprint density at radius 1 is 1.26 bits per heavy atom. The minimum atomic E-state index is -3.51. The second kappa shape index (κ2) is 6.55. The molecular formula is C15H13ClFNO4S. The Bertz CT molecular complexity index is 868. The molecule has 2 rings (SSSR count). The second-order valence-corrected chi connectivity index (χ2v) is 7.38. The monoisotopic (exact) mass is 357 g/mol. The number of halogens is 2. The molecule has 0 heterocycles. The molecule has 0 aliphatic heterocycles. The van der Waals surface area contributed by atoms with Crippen LogP contribution in [0.4, 0.5) is 10.1 Å². The third kappa shape index (κ3) is 3.80. The molecule has 5 nitrogen and oxygen atoms in total. The summed E-state index contributed by atoms with van der Waals surface area (Å²) in [5.41, 5.74) is -0.454. The van der Waals surface area contributed by atoms with Gasteiger partial charge in [0.1, 0.15) is 11.6 Å². The zero-order valence-corrected chi connectivity index (χ0v) is 13.6. The van der Waals surface area contributed by atoms with E-state index in [9.17, 15) is 22.7 Å². The van der Waals surface area contributed by atoms with E-state index in [4.69, 9.17) is 11.6 Å². The first-order valence-electron chi connectivity index (χ1n) is 6.57. The van der Waals surface area contributed by atoms with Crippen LogP contribution in [0.5, 0.6) is 5.75 Å². The molecule has 0 saturated heterocycles. The first-order chi connectivity index (χ1) is 10.7. The lowest BCUT2D eigenvalue weighted by Crippen LogP contribution is -2.14. The maximum atomic E-state index is 13.7. The lowest BCUT2D eigenvalue weighted by molar-refractivity contribution is 0.102. The number of carbonyl (C=O) groups is 1. The van der Waals surface area contributed by atoms with Crippen molar-refractivity contribution in [1.29, 1.82) is 0 Å². The van der Waals surface area contributed by atoms with E-state index in [0.29, 0.717) is 0 Å². The fourth-order valence-corrected chi connectivity index (χ4v) is 2.91. The number of rotatable bonds is 4. The van der Waals surface area contributed by atoms with Gasteiger partial charge in [-0.25, -0.2) is 12.8 Å². The number of anilines is 1. The van der Waals surface area contributed by atoms with E-state index in [-0.39, 0.29) is 32.7 Å². The summed E-state index contributed by atoms with van der Waals surface area (Å²) in [7, 11) is -3.51. The lowest BCUT2D eigenvalue weighted by atomic mass is 10.2. The van der Waals surface area contributed by atoms with Crippen LogP contribution in [0, 0.1) is 5.82 Å². The SMILES string of the molecule is CCS(=O)(=O)c1ccc(O)c(NC(=O)c2cc(Cl)ccc2F)c1. The zero-order valence-electron chi connectivity index (χ0n) is 12.0. The number of sulfone groups is 1. The molecule has 0 atom stereocenters. The normalized spacial score (nSPS) is 11.3. The molecular weight excluding hydrogens is 345 g/mol. The Hall–Kier alpha value is -2.12. The van der Waals surface area contributed by atoms with E-state index in [2.05, 4.69) is 5.32 Å². The molecule has 1 amide bonds. The number of aromatic hydroxyl groups is 1. The van der Waals surface area contributed by atoms with Gasteiger partial charge in [0.2, 0.25) is 0 Å². The number of carbonyl (C=O) groups excluding carboxylic acids is 1. The molecule has 0 aromatic heterocycles. The maximum absolute atomic E-state index is 13.7. The van der Waals surface area contributed by atoms with E-state index in [1.165, 1.54) is 19.1 Å². The van der Waals surface area contributed by atoms with Gasteiger partial charge in [-0.05, 0) is 36.4 Å². The Labute approximate surface area is 137 Å². The average Bonchev–Trinajstić information content (AvgIpc) is 2.51. The molecule has 0 bridgehead atoms. The minimum absolute atomic E-state index is 0.0559. The largest absolute Gasteiger partial charge is 0.506 e. The van der Waals surface area contributed by atoms with E-state index in [1.54, 1.807) is 0 Å². The van der Waals surface area contributed by atoms with Crippen LogP contribution in [-0.4, -0.2) is 25.2 Å². The van der Waals surface area contributed by atoms with Crippen molar-refractivity contribution in [1.82, 2.24) is 0 Å². The fourth-order valence-electron chi connectivity index (χ4n) is 1.84. The number of hydrogen-bond acceptors (Lipinski definition) is 4. The third-order valence-electron chi connectivity index (χ3n) is 3.13. The van der Waals surface area contributed by atoms with Crippen molar-refractivity contribution in [3.63, 3.8) is 0 Å². The van der Waals surface area contributed by atoms with Gasteiger partial charge in [-0.2, -0.15) is 0 Å². The average molecular weight is 358 g/mol. The molecule has 2 aromatic carbocycles. The van der Waals surface area contributed by atoms with Crippen LogP contribution >= 0.6 is 11.6 Å². The predicted molar refractivity (Wildman–Crippen MR) is 85.2 cm³/mol. The molecule has 122 valence electrons. The highest BCUT2D eigenvalue weighted by atomic mass is 35.5. The molecule has 0 spiro atoms. The molecule has 2 N–H and O–H groups in total. The van der Waals surface area contributed by atoms with Crippen molar-refractivity contribution in [2.75, 3.05) is 11.1 Å². The highest BCUT2D eigenvalue weighted by molar-refractivity contribution is 7.91. The summed E-state index contributed by atoms with van der Waals surface area (Å²) in [5, 5.41) is 12.2. The van der Waals surface area contributed by atoms with Gasteiger partial charge in [0.15, 0.2) is 9.84 Å². The first kappa shape index (κ1) is 17.2. The van der Waals surface area contributed by atoms with Gasteiger partial charge in [-0.15, -0.1) is 0 Å². The quantitative estimate of drug-likeness (QED) is 0.823. The van der Waals surface area contributed by atoms with Crippen LogP contribution in [0.1, 0.15) is 17.3 Å². The van der Waals surface area contributed by atoms with E-state index in [0.717, 1.165) is 24.3 Å². The molecule has 0 fully saturated rings. The highest BCUT2D eigenvalue weighted by Crippen LogP contribution is 2.28. The van der Waals surface area contributed by atoms with Crippen LogP contribution < -0.4 is 5.32 Å². The number of hydrogen-bond donors (Lipinski definition) is 2. The van der Waals surface area contributed by atoms with Gasteiger partial charge in [0.05, 0.1) is 21.9 Å². The summed E-state index contributed by atoms with van der Waals surface area (Å²) < 4.78 is 37.4. The van der Waals surface area contributed by atoms with E-state index in [1.807, 2.05) is 0 Å². The van der Waals surface area contributed by atoms with Crippen molar-refractivity contribution in [3.05, 3.63) is 52.8 Å². The summed E-state index contributed by atoms with van der Waals surface area (Å²) in [6.45, 7) is 1.47. The number of amides is 1. The molecule has 0 aliphatic rings. The van der Waals surface area contributed by atoms with Crippen molar-refractivity contribution >= 4 is 33.0 Å². The molecule has 2 aromatic rings. The number of benzene rings is 2. The van der Waals surface area contributed by atoms with Gasteiger partial charge in [-0.3, -0.25) is 4.79 Å². The molecule has 0 aliphatic carbocycles. The van der Waals surface area contributed by atoms with Gasteiger partial charge >= 0.3 is 0 Å². The standard InChI is InChI=1S/C15H13ClFNO4S/c1-2-23(21,22)10-4-6-14(19)13(8-10)18-15(20)11-7-9(16)3-5-12(11)17/h3-8,19H,2H2,1H3,(H,18,20). The lowest BCUT2D eigenvalue weighted by Gasteiger charge is -2.10. The predicted octanol–water partition coefficient (Wildman–Crippen LogP) is 3.23. The second-order valence-electron chi connectivity index (χ2n) is 4.66. The van der Waals surface area contributed by atoms with Crippen molar-refractivity contribution in [2.45, 2.75) is 11.8 Å². The summed E-state index contributed by atoms with van der Waals surface area (Å²) in [6, 6.07) is 6.95. The number of phenols is 1. The van der Waals surface area contributed by atoms with Crippen molar-refractivity contribution < 1.29 is 22.7 Å². The van der Waals surface area contributed by atoms with Crippen LogP contribution in [-0.2, 0) is 9.84 Å². The topological polar surface area (TPSA) is 83.5 Å². The summed E-state index contributed by atoms with van der Waals surface area (Å²) in [4.78, 5) is 12.0. The Morgan fingerprint density at radius 2 is 1.96 bits per heavy atom. The first-order valence-corrected chi connectivity index (χ1v) is 8.60. The Kier molecular flexibility index (Phi) is 4.91. The van der Waals surface area contributed by atoms with Crippen LogP contribution in [0.3, 0.4) is 0 Å². The van der Waals surface area contributed by atoms with Gasteiger partial charge in [-0.1, -0.05) is 18.5 Å². The smallest absolute Gasteiger partial charge is 0.258 e. The van der Waals surface area contributed by atoms with Crippen LogP contribution in [0.15, 0.2) is 41.3 Å².